The number of carbonyl (C=O) groups excluding carboxylic acids is 1. The molecule has 3 N–H and O–H groups in total. The Morgan fingerprint density at radius 2 is 1.89 bits per heavy atom. The van der Waals surface area contributed by atoms with Gasteiger partial charge in [0.2, 0.25) is 10.0 Å². The van der Waals surface area contributed by atoms with E-state index in [0.717, 1.165) is 52.8 Å². The van der Waals surface area contributed by atoms with Gasteiger partial charge in [-0.05, 0) is 42.3 Å². The minimum atomic E-state index is -3.43. The van der Waals surface area contributed by atoms with Gasteiger partial charge in [-0.2, -0.15) is 0 Å². The Morgan fingerprint density at radius 1 is 1.08 bits per heavy atom. The summed E-state index contributed by atoms with van der Waals surface area (Å²) in [6.45, 7) is 5.04. The van der Waals surface area contributed by atoms with Gasteiger partial charge in [0, 0.05) is 41.4 Å². The standard InChI is InChI=1S/C26H28N6O4S/c1-3-22-25(26(33)29-19-5-7-24(28-15-19)31-37(2,34)35)21-13-17(4-6-23(21)30-22)18-12-20(16-27-14-18)32-8-10-36-11-9-32/h4-7,12-16,30H,3,8-11H2,1-2H3,(H,28,31)(H,29,33). The summed E-state index contributed by atoms with van der Waals surface area (Å²) in [7, 11) is -3.43. The monoisotopic (exact) mass is 520 g/mol. The predicted molar refractivity (Wildman–Crippen MR) is 145 cm³/mol. The van der Waals surface area contributed by atoms with E-state index in [4.69, 9.17) is 4.74 Å². The van der Waals surface area contributed by atoms with Crippen LogP contribution in [-0.4, -0.2) is 61.8 Å². The van der Waals surface area contributed by atoms with Crippen LogP contribution in [0.3, 0.4) is 0 Å². The number of hydrogen-bond acceptors (Lipinski definition) is 7. The highest BCUT2D eigenvalue weighted by Crippen LogP contribution is 2.31. The second-order valence-corrected chi connectivity index (χ2v) is 10.6. The van der Waals surface area contributed by atoms with Crippen molar-refractivity contribution in [2.45, 2.75) is 13.3 Å². The van der Waals surface area contributed by atoms with Gasteiger partial charge in [-0.3, -0.25) is 14.5 Å². The summed E-state index contributed by atoms with van der Waals surface area (Å²) in [4.78, 5) is 27.5. The normalized spacial score (nSPS) is 14.1. The van der Waals surface area contributed by atoms with Crippen molar-refractivity contribution >= 4 is 44.0 Å². The van der Waals surface area contributed by atoms with Crippen molar-refractivity contribution in [2.75, 3.05) is 47.5 Å². The number of aromatic nitrogens is 3. The first-order valence-electron chi connectivity index (χ1n) is 12.0. The molecule has 4 heterocycles. The van der Waals surface area contributed by atoms with Crippen molar-refractivity contribution < 1.29 is 17.9 Å². The maximum absolute atomic E-state index is 13.4. The number of H-pyrrole nitrogens is 1. The molecular formula is C26H28N6O4S. The number of fused-ring (bicyclic) bond motifs is 1. The third-order valence-electron chi connectivity index (χ3n) is 6.20. The number of anilines is 3. The number of sulfonamides is 1. The topological polar surface area (TPSA) is 129 Å². The molecule has 0 spiro atoms. The summed E-state index contributed by atoms with van der Waals surface area (Å²) >= 11 is 0. The Bertz CT molecular complexity index is 1540. The zero-order valence-electron chi connectivity index (χ0n) is 20.6. The lowest BCUT2D eigenvalue weighted by Crippen LogP contribution is -2.36. The van der Waals surface area contributed by atoms with Crippen molar-refractivity contribution in [3.8, 4) is 11.1 Å². The number of nitrogens with one attached hydrogen (secondary N) is 3. The molecule has 3 aromatic heterocycles. The fourth-order valence-electron chi connectivity index (χ4n) is 4.44. The zero-order valence-corrected chi connectivity index (χ0v) is 21.4. The first kappa shape index (κ1) is 24.7. The maximum atomic E-state index is 13.4. The molecule has 1 aromatic carbocycles. The SMILES string of the molecule is CCc1[nH]c2ccc(-c3cncc(N4CCOCC4)c3)cc2c1C(=O)Nc1ccc(NS(C)(=O)=O)nc1. The number of pyridine rings is 2. The van der Waals surface area contributed by atoms with Gasteiger partial charge in [-0.15, -0.1) is 0 Å². The summed E-state index contributed by atoms with van der Waals surface area (Å²) in [6, 6.07) is 11.2. The number of aromatic amines is 1. The quantitative estimate of drug-likeness (QED) is 0.339. The Balaban J connectivity index is 1.44. The lowest BCUT2D eigenvalue weighted by molar-refractivity contribution is 0.102. The van der Waals surface area contributed by atoms with Gasteiger partial charge >= 0.3 is 0 Å². The summed E-state index contributed by atoms with van der Waals surface area (Å²) in [5, 5.41) is 3.70. The van der Waals surface area contributed by atoms with Crippen LogP contribution in [0.1, 0.15) is 23.0 Å². The molecule has 0 atom stereocenters. The highest BCUT2D eigenvalue weighted by Gasteiger charge is 2.19. The molecule has 37 heavy (non-hydrogen) atoms. The molecule has 0 saturated carbocycles. The highest BCUT2D eigenvalue weighted by molar-refractivity contribution is 7.92. The van der Waals surface area contributed by atoms with Crippen LogP contribution in [-0.2, 0) is 21.2 Å². The maximum Gasteiger partial charge on any atom is 0.258 e. The van der Waals surface area contributed by atoms with Crippen LogP contribution in [0.2, 0.25) is 0 Å². The van der Waals surface area contributed by atoms with Crippen molar-refractivity contribution in [2.24, 2.45) is 0 Å². The van der Waals surface area contributed by atoms with E-state index >= 15 is 0 Å². The van der Waals surface area contributed by atoms with Crippen LogP contribution in [0.4, 0.5) is 17.2 Å². The van der Waals surface area contributed by atoms with E-state index in [2.05, 4.69) is 36.0 Å². The van der Waals surface area contributed by atoms with Crippen molar-refractivity contribution in [3.63, 3.8) is 0 Å². The fraction of sp³-hybridized carbons (Fsp3) is 0.269. The van der Waals surface area contributed by atoms with E-state index < -0.39 is 10.0 Å². The molecule has 1 fully saturated rings. The number of ether oxygens (including phenoxy) is 1. The molecule has 10 nitrogen and oxygen atoms in total. The molecule has 0 aliphatic carbocycles. The van der Waals surface area contributed by atoms with Gasteiger partial charge in [-0.25, -0.2) is 13.4 Å². The van der Waals surface area contributed by atoms with E-state index in [-0.39, 0.29) is 11.7 Å². The van der Waals surface area contributed by atoms with Gasteiger partial charge in [0.1, 0.15) is 5.82 Å². The molecular weight excluding hydrogens is 492 g/mol. The molecule has 1 aliphatic heterocycles. The lowest BCUT2D eigenvalue weighted by atomic mass is 10.0. The van der Waals surface area contributed by atoms with E-state index in [1.807, 2.05) is 37.5 Å². The first-order chi connectivity index (χ1) is 17.8. The number of rotatable bonds is 7. The van der Waals surface area contributed by atoms with E-state index in [0.29, 0.717) is 30.9 Å². The second-order valence-electron chi connectivity index (χ2n) is 8.88. The van der Waals surface area contributed by atoms with Crippen LogP contribution in [0, 0.1) is 0 Å². The fourth-order valence-corrected chi connectivity index (χ4v) is 4.94. The van der Waals surface area contributed by atoms with Crippen molar-refractivity contribution in [1.82, 2.24) is 15.0 Å². The molecule has 1 aliphatic rings. The summed E-state index contributed by atoms with van der Waals surface area (Å²) in [5.74, 6) is -0.0922. The Hall–Kier alpha value is -3.96. The predicted octanol–water partition coefficient (Wildman–Crippen LogP) is 3.65. The van der Waals surface area contributed by atoms with Gasteiger partial charge in [-0.1, -0.05) is 13.0 Å². The number of nitrogens with zero attached hydrogens (tertiary/aromatic N) is 3. The molecule has 1 amide bonds. The average Bonchev–Trinajstić information content (AvgIpc) is 3.28. The van der Waals surface area contributed by atoms with E-state index in [1.54, 1.807) is 6.07 Å². The van der Waals surface area contributed by atoms with E-state index in [1.165, 1.54) is 12.3 Å². The summed E-state index contributed by atoms with van der Waals surface area (Å²) in [6.07, 6.45) is 6.81. The van der Waals surface area contributed by atoms with Gasteiger partial charge in [0.15, 0.2) is 0 Å². The highest BCUT2D eigenvalue weighted by atomic mass is 32.2. The van der Waals surface area contributed by atoms with E-state index in [9.17, 15) is 13.2 Å². The first-order valence-corrected chi connectivity index (χ1v) is 13.9. The average molecular weight is 521 g/mol. The lowest BCUT2D eigenvalue weighted by Gasteiger charge is -2.28. The van der Waals surface area contributed by atoms with Gasteiger partial charge in [0.05, 0.1) is 48.8 Å². The smallest absolute Gasteiger partial charge is 0.258 e. The van der Waals surface area contributed by atoms with Crippen LogP contribution >= 0.6 is 0 Å². The third kappa shape index (κ3) is 5.57. The van der Waals surface area contributed by atoms with Crippen LogP contribution in [0.15, 0.2) is 55.0 Å². The molecule has 0 unspecified atom stereocenters. The van der Waals surface area contributed by atoms with Gasteiger partial charge in [0.25, 0.3) is 5.91 Å². The van der Waals surface area contributed by atoms with Crippen LogP contribution in [0.5, 0.6) is 0 Å². The number of morpholine rings is 1. The minimum absolute atomic E-state index is 0.180. The molecule has 0 radical (unpaired) electrons. The Kier molecular flexibility index (Phi) is 6.81. The van der Waals surface area contributed by atoms with Crippen molar-refractivity contribution in [3.05, 3.63) is 66.2 Å². The summed E-state index contributed by atoms with van der Waals surface area (Å²) in [5.41, 5.74) is 5.69. The number of hydrogen-bond donors (Lipinski definition) is 3. The van der Waals surface area contributed by atoms with Gasteiger partial charge < -0.3 is 19.9 Å². The van der Waals surface area contributed by atoms with Crippen molar-refractivity contribution in [1.29, 1.82) is 0 Å². The molecule has 4 aromatic rings. The number of amides is 1. The summed E-state index contributed by atoms with van der Waals surface area (Å²) < 4.78 is 30.6. The molecule has 5 rings (SSSR count). The van der Waals surface area contributed by atoms with Crippen LogP contribution < -0.4 is 14.9 Å². The zero-order chi connectivity index (χ0) is 26.0. The minimum Gasteiger partial charge on any atom is -0.378 e. The molecule has 192 valence electrons. The molecule has 0 bridgehead atoms. The Morgan fingerprint density at radius 3 is 2.59 bits per heavy atom. The largest absolute Gasteiger partial charge is 0.378 e. The number of benzene rings is 1. The third-order valence-corrected chi connectivity index (χ3v) is 6.78. The second kappa shape index (κ2) is 10.2. The number of aryl methyl sites for hydroxylation is 1. The molecule has 11 heteroatoms. The Labute approximate surface area is 215 Å². The van der Waals surface area contributed by atoms with Crippen LogP contribution in [0.25, 0.3) is 22.0 Å². The number of carbonyl (C=O) groups is 1. The molecule has 1 saturated heterocycles.